The molecule has 0 spiro atoms. The highest BCUT2D eigenvalue weighted by atomic mass is 32.2. The van der Waals surface area contributed by atoms with Crippen LogP contribution in [-0.2, 0) is 4.79 Å². The molecule has 4 nitrogen and oxygen atoms in total. The lowest BCUT2D eigenvalue weighted by atomic mass is 10.4. The molecule has 1 aliphatic rings. The third-order valence-corrected chi connectivity index (χ3v) is 3.17. The fourth-order valence-corrected chi connectivity index (χ4v) is 1.91. The van der Waals surface area contributed by atoms with Crippen molar-refractivity contribution in [3.05, 3.63) is 17.7 Å². The summed E-state index contributed by atoms with van der Waals surface area (Å²) in [5.41, 5.74) is 5.22. The molecule has 1 heterocycles. The van der Waals surface area contributed by atoms with E-state index in [-0.39, 0.29) is 28.5 Å². The standard InChI is InChI=1S/C10H11F2N3OS/c11-6-3-7(12)10(15-9(6)13)17-4-8(16)14-5-1-2-5/h3,5H,1-2,4H2,(H2,13,15)(H,14,16). The topological polar surface area (TPSA) is 68.0 Å². The molecular formula is C10H11F2N3OS. The van der Waals surface area contributed by atoms with Crippen molar-refractivity contribution in [2.75, 3.05) is 11.5 Å². The monoisotopic (exact) mass is 259 g/mol. The first kappa shape index (κ1) is 12.1. The Bertz CT molecular complexity index is 451. The molecule has 17 heavy (non-hydrogen) atoms. The molecule has 1 fully saturated rings. The molecule has 0 radical (unpaired) electrons. The quantitative estimate of drug-likeness (QED) is 0.800. The van der Waals surface area contributed by atoms with Crippen LogP contribution in [-0.4, -0.2) is 22.7 Å². The Hall–Kier alpha value is -1.37. The predicted octanol–water partition coefficient (Wildman–Crippen LogP) is 1.31. The molecule has 1 aliphatic carbocycles. The smallest absolute Gasteiger partial charge is 0.230 e. The van der Waals surface area contributed by atoms with Crippen molar-refractivity contribution >= 4 is 23.5 Å². The van der Waals surface area contributed by atoms with Gasteiger partial charge >= 0.3 is 0 Å². The van der Waals surface area contributed by atoms with Crippen LogP contribution in [0.2, 0.25) is 0 Å². The van der Waals surface area contributed by atoms with Gasteiger partial charge in [0.05, 0.1) is 5.75 Å². The number of nitrogens with zero attached hydrogens (tertiary/aromatic N) is 1. The predicted molar refractivity (Wildman–Crippen MR) is 60.5 cm³/mol. The van der Waals surface area contributed by atoms with E-state index in [9.17, 15) is 13.6 Å². The van der Waals surface area contributed by atoms with Gasteiger partial charge in [0, 0.05) is 12.1 Å². The summed E-state index contributed by atoms with van der Waals surface area (Å²) in [7, 11) is 0. The number of hydrogen-bond acceptors (Lipinski definition) is 4. The minimum atomic E-state index is -0.894. The number of carbonyl (C=O) groups excluding carboxylic acids is 1. The second kappa shape index (κ2) is 4.87. The van der Waals surface area contributed by atoms with Crippen molar-refractivity contribution in [2.45, 2.75) is 23.9 Å². The van der Waals surface area contributed by atoms with Crippen LogP contribution in [0.25, 0.3) is 0 Å². The molecule has 1 amide bonds. The third kappa shape index (κ3) is 3.29. The van der Waals surface area contributed by atoms with Gasteiger partial charge in [0.25, 0.3) is 0 Å². The van der Waals surface area contributed by atoms with Gasteiger partial charge in [-0.3, -0.25) is 4.79 Å². The number of nitrogen functional groups attached to an aromatic ring is 1. The number of halogens is 2. The van der Waals surface area contributed by atoms with E-state index in [1.165, 1.54) is 0 Å². The molecule has 1 aromatic heterocycles. The van der Waals surface area contributed by atoms with Crippen LogP contribution in [0.15, 0.2) is 11.1 Å². The molecule has 0 unspecified atom stereocenters. The van der Waals surface area contributed by atoms with Crippen LogP contribution in [0, 0.1) is 11.6 Å². The summed E-state index contributed by atoms with van der Waals surface area (Å²) in [6, 6.07) is 0.933. The number of anilines is 1. The van der Waals surface area contributed by atoms with Crippen LogP contribution < -0.4 is 11.1 Å². The minimum Gasteiger partial charge on any atom is -0.381 e. The van der Waals surface area contributed by atoms with Crippen molar-refractivity contribution in [3.8, 4) is 0 Å². The van der Waals surface area contributed by atoms with Gasteiger partial charge in [-0.15, -0.1) is 0 Å². The number of rotatable bonds is 4. The molecule has 1 aromatic rings. The second-order valence-electron chi connectivity index (χ2n) is 3.77. The van der Waals surface area contributed by atoms with E-state index >= 15 is 0 Å². The molecule has 7 heteroatoms. The third-order valence-electron chi connectivity index (χ3n) is 2.21. The molecule has 0 aromatic carbocycles. The number of aromatic nitrogens is 1. The first-order chi connectivity index (χ1) is 8.06. The van der Waals surface area contributed by atoms with Gasteiger partial charge in [0.1, 0.15) is 5.03 Å². The van der Waals surface area contributed by atoms with Gasteiger partial charge in [-0.05, 0) is 12.8 Å². The summed E-state index contributed by atoms with van der Waals surface area (Å²) < 4.78 is 26.1. The van der Waals surface area contributed by atoms with Crippen molar-refractivity contribution in [1.82, 2.24) is 10.3 Å². The number of nitrogens with two attached hydrogens (primary N) is 1. The number of amides is 1. The zero-order valence-electron chi connectivity index (χ0n) is 8.87. The Balaban J connectivity index is 1.93. The summed E-state index contributed by atoms with van der Waals surface area (Å²) in [5.74, 6) is -2.20. The van der Waals surface area contributed by atoms with E-state index in [1.807, 2.05) is 0 Å². The Kier molecular flexibility index (Phi) is 3.46. The first-order valence-electron chi connectivity index (χ1n) is 5.10. The van der Waals surface area contributed by atoms with Gasteiger partial charge in [-0.25, -0.2) is 13.8 Å². The maximum Gasteiger partial charge on any atom is 0.230 e. The van der Waals surface area contributed by atoms with E-state index in [1.54, 1.807) is 0 Å². The van der Waals surface area contributed by atoms with Gasteiger partial charge in [-0.1, -0.05) is 11.8 Å². The average Bonchev–Trinajstić information content (AvgIpc) is 3.05. The SMILES string of the molecule is Nc1nc(SCC(=O)NC2CC2)c(F)cc1F. The lowest BCUT2D eigenvalue weighted by molar-refractivity contribution is -0.118. The fraction of sp³-hybridized carbons (Fsp3) is 0.400. The zero-order valence-corrected chi connectivity index (χ0v) is 9.69. The summed E-state index contributed by atoms with van der Waals surface area (Å²) in [6.45, 7) is 0. The maximum atomic E-state index is 13.2. The van der Waals surface area contributed by atoms with Gasteiger partial charge in [0.2, 0.25) is 5.91 Å². The summed E-state index contributed by atoms with van der Waals surface area (Å²) in [6.07, 6.45) is 1.99. The highest BCUT2D eigenvalue weighted by Gasteiger charge is 2.23. The second-order valence-corrected chi connectivity index (χ2v) is 4.74. The number of nitrogens with one attached hydrogen (secondary N) is 1. The molecule has 0 atom stereocenters. The highest BCUT2D eigenvalue weighted by molar-refractivity contribution is 7.99. The summed E-state index contributed by atoms with van der Waals surface area (Å²) in [5, 5.41) is 2.69. The number of hydrogen-bond donors (Lipinski definition) is 2. The van der Waals surface area contributed by atoms with E-state index in [0.717, 1.165) is 24.6 Å². The molecule has 3 N–H and O–H groups in total. The largest absolute Gasteiger partial charge is 0.381 e. The lowest BCUT2D eigenvalue weighted by Crippen LogP contribution is -2.27. The van der Waals surface area contributed by atoms with Gasteiger partial charge < -0.3 is 11.1 Å². The normalized spacial score (nSPS) is 14.7. The molecule has 2 rings (SSSR count). The zero-order chi connectivity index (χ0) is 12.4. The van der Waals surface area contributed by atoms with Gasteiger partial charge in [0.15, 0.2) is 17.5 Å². The van der Waals surface area contributed by atoms with Crippen molar-refractivity contribution < 1.29 is 13.6 Å². The van der Waals surface area contributed by atoms with Crippen LogP contribution in [0.1, 0.15) is 12.8 Å². The summed E-state index contributed by atoms with van der Waals surface area (Å²) >= 11 is 0.903. The number of pyridine rings is 1. The molecule has 1 saturated carbocycles. The van der Waals surface area contributed by atoms with E-state index in [2.05, 4.69) is 10.3 Å². The molecule has 0 bridgehead atoms. The van der Waals surface area contributed by atoms with Crippen molar-refractivity contribution in [3.63, 3.8) is 0 Å². The average molecular weight is 259 g/mol. The maximum absolute atomic E-state index is 13.2. The van der Waals surface area contributed by atoms with Crippen molar-refractivity contribution in [2.24, 2.45) is 0 Å². The molecule has 92 valence electrons. The molecule has 0 saturated heterocycles. The van der Waals surface area contributed by atoms with Crippen molar-refractivity contribution in [1.29, 1.82) is 0 Å². The fourth-order valence-electron chi connectivity index (χ4n) is 1.20. The first-order valence-corrected chi connectivity index (χ1v) is 6.08. The Morgan fingerprint density at radius 2 is 2.24 bits per heavy atom. The Morgan fingerprint density at radius 3 is 2.88 bits per heavy atom. The van der Waals surface area contributed by atoms with Crippen LogP contribution in [0.5, 0.6) is 0 Å². The Morgan fingerprint density at radius 1 is 1.53 bits per heavy atom. The van der Waals surface area contributed by atoms with Gasteiger partial charge in [-0.2, -0.15) is 0 Å². The van der Waals surface area contributed by atoms with E-state index < -0.39 is 11.6 Å². The van der Waals surface area contributed by atoms with E-state index in [0.29, 0.717) is 6.07 Å². The van der Waals surface area contributed by atoms with Crippen LogP contribution in [0.4, 0.5) is 14.6 Å². The minimum absolute atomic E-state index is 0.0471. The lowest BCUT2D eigenvalue weighted by Gasteiger charge is -2.05. The highest BCUT2D eigenvalue weighted by Crippen LogP contribution is 2.23. The molecule has 0 aliphatic heterocycles. The summed E-state index contributed by atoms with van der Waals surface area (Å²) in [4.78, 5) is 14.9. The van der Waals surface area contributed by atoms with Crippen LogP contribution >= 0.6 is 11.8 Å². The molecular weight excluding hydrogens is 248 g/mol. The van der Waals surface area contributed by atoms with Crippen LogP contribution in [0.3, 0.4) is 0 Å². The Labute approximate surface area is 101 Å². The van der Waals surface area contributed by atoms with E-state index in [4.69, 9.17) is 5.73 Å². The number of carbonyl (C=O) groups is 1. The number of thioether (sulfide) groups is 1.